The van der Waals surface area contributed by atoms with Crippen LogP contribution in [-0.4, -0.2) is 74.9 Å². The second-order valence-corrected chi connectivity index (χ2v) is 12.2. The van der Waals surface area contributed by atoms with Crippen molar-refractivity contribution in [1.29, 1.82) is 0 Å². The number of fused-ring (bicyclic) bond motifs is 1. The summed E-state index contributed by atoms with van der Waals surface area (Å²) in [6.07, 6.45) is -1.62. The highest BCUT2D eigenvalue weighted by molar-refractivity contribution is 6.32. The minimum absolute atomic E-state index is 0.170. The van der Waals surface area contributed by atoms with Crippen LogP contribution >= 0.6 is 11.6 Å². The number of halogens is 6. The monoisotopic (exact) mass is 767 g/mol. The number of carbonyl (C=O) groups is 2. The molecule has 0 aliphatic heterocycles. The zero-order chi connectivity index (χ0) is 39.2. The Balaban J connectivity index is 0.000000730. The molecule has 3 aromatic heterocycles. The van der Waals surface area contributed by atoms with Crippen LogP contribution in [0, 0.1) is 18.6 Å². The van der Waals surface area contributed by atoms with Crippen LogP contribution in [0.3, 0.4) is 0 Å². The molecule has 0 aliphatic carbocycles. The lowest BCUT2D eigenvalue weighted by molar-refractivity contribution is -0.192. The van der Waals surface area contributed by atoms with E-state index in [4.69, 9.17) is 36.3 Å². The number of anilines is 3. The third-order valence-corrected chi connectivity index (χ3v) is 7.88. The summed E-state index contributed by atoms with van der Waals surface area (Å²) in [6.45, 7) is 2.74. The van der Waals surface area contributed by atoms with Gasteiger partial charge in [0.25, 0.3) is 5.91 Å². The first kappa shape index (κ1) is 39.1. The van der Waals surface area contributed by atoms with Crippen LogP contribution in [0.15, 0.2) is 91.3 Å². The molecule has 1 amide bonds. The number of carboxylic acids is 1. The third-order valence-electron chi connectivity index (χ3n) is 7.58. The third kappa shape index (κ3) is 9.45. The minimum Gasteiger partial charge on any atom is -0.491 e. The fraction of sp³-hybridized carbons (Fsp3) is 0.162. The van der Waals surface area contributed by atoms with Gasteiger partial charge in [0.05, 0.1) is 21.8 Å². The molecule has 3 N–H and O–H groups in total. The number of nitrogens with one attached hydrogen (secondary N) is 2. The lowest BCUT2D eigenvalue weighted by atomic mass is 10.0. The molecule has 6 rings (SSSR count). The van der Waals surface area contributed by atoms with Crippen LogP contribution in [0.5, 0.6) is 5.75 Å². The van der Waals surface area contributed by atoms with Crippen molar-refractivity contribution in [2.45, 2.75) is 13.1 Å². The van der Waals surface area contributed by atoms with Gasteiger partial charge in [-0.05, 0) is 81.2 Å². The van der Waals surface area contributed by atoms with Gasteiger partial charge < -0.3 is 25.4 Å². The number of aryl methyl sites for hydroxylation is 1. The van der Waals surface area contributed by atoms with Crippen molar-refractivity contribution in [3.63, 3.8) is 0 Å². The smallest absolute Gasteiger partial charge is 0.490 e. The Morgan fingerprint density at radius 3 is 2.44 bits per heavy atom. The van der Waals surface area contributed by atoms with E-state index in [1.54, 1.807) is 47.1 Å². The Morgan fingerprint density at radius 2 is 1.74 bits per heavy atom. The van der Waals surface area contributed by atoms with Crippen molar-refractivity contribution in [2.75, 3.05) is 37.9 Å². The van der Waals surface area contributed by atoms with Gasteiger partial charge in [-0.2, -0.15) is 18.3 Å². The van der Waals surface area contributed by atoms with Crippen molar-refractivity contribution in [1.82, 2.24) is 24.5 Å². The Bertz CT molecular complexity index is 2320. The largest absolute Gasteiger partial charge is 0.491 e. The van der Waals surface area contributed by atoms with E-state index in [-0.39, 0.29) is 5.56 Å². The van der Waals surface area contributed by atoms with Crippen molar-refractivity contribution in [3.05, 3.63) is 119 Å². The summed E-state index contributed by atoms with van der Waals surface area (Å²) in [5.41, 5.74) is 3.87. The highest BCUT2D eigenvalue weighted by Crippen LogP contribution is 2.36. The number of rotatable bonds is 10. The van der Waals surface area contributed by atoms with Crippen molar-refractivity contribution in [3.8, 4) is 28.3 Å². The molecule has 280 valence electrons. The predicted molar refractivity (Wildman–Crippen MR) is 193 cm³/mol. The first-order chi connectivity index (χ1) is 25.6. The number of pyridine rings is 1. The molecule has 0 radical (unpaired) electrons. The average Bonchev–Trinajstić information content (AvgIpc) is 3.51. The number of aliphatic carboxylic acids is 1. The van der Waals surface area contributed by atoms with Gasteiger partial charge >= 0.3 is 12.1 Å². The maximum Gasteiger partial charge on any atom is 0.490 e. The topological polar surface area (TPSA) is 134 Å². The molecule has 0 atom stereocenters. The molecule has 3 aromatic carbocycles. The molecule has 6 aromatic rings. The normalized spacial score (nSPS) is 11.2. The molecule has 0 saturated heterocycles. The lowest BCUT2D eigenvalue weighted by Gasteiger charge is -2.13. The molecule has 11 nitrogen and oxygen atoms in total. The van der Waals surface area contributed by atoms with E-state index >= 15 is 0 Å². The number of nitrogens with zero attached hydrogens (tertiary/aromatic N) is 5. The number of likely N-dealkylation sites (N-methyl/N-ethyl adjacent to an activating group) is 1. The van der Waals surface area contributed by atoms with E-state index in [2.05, 4.69) is 15.6 Å². The summed E-state index contributed by atoms with van der Waals surface area (Å²) in [5.74, 6) is -4.57. The minimum atomic E-state index is -5.08. The molecule has 0 fully saturated rings. The zero-order valence-corrected chi connectivity index (χ0v) is 29.5. The van der Waals surface area contributed by atoms with Crippen molar-refractivity contribution in [2.24, 2.45) is 0 Å². The number of hydrogen-bond donors (Lipinski definition) is 3. The van der Waals surface area contributed by atoms with Gasteiger partial charge in [-0.3, -0.25) is 4.79 Å². The Labute approximate surface area is 310 Å². The summed E-state index contributed by atoms with van der Waals surface area (Å²) < 4.78 is 68.3. The first-order valence-corrected chi connectivity index (χ1v) is 16.3. The fourth-order valence-electron chi connectivity index (χ4n) is 4.98. The van der Waals surface area contributed by atoms with Crippen LogP contribution in [-0.2, 0) is 4.79 Å². The zero-order valence-electron chi connectivity index (χ0n) is 28.8. The van der Waals surface area contributed by atoms with Gasteiger partial charge in [0.2, 0.25) is 5.95 Å². The molecular formula is C37H31ClF5N7O4. The van der Waals surface area contributed by atoms with E-state index in [9.17, 15) is 26.7 Å². The van der Waals surface area contributed by atoms with Gasteiger partial charge in [-0.15, -0.1) is 0 Å². The summed E-state index contributed by atoms with van der Waals surface area (Å²) in [7, 11) is 3.94. The molecule has 54 heavy (non-hydrogen) atoms. The van der Waals surface area contributed by atoms with E-state index in [1.807, 2.05) is 55.5 Å². The summed E-state index contributed by atoms with van der Waals surface area (Å²) in [6, 6.07) is 22.1. The van der Waals surface area contributed by atoms with Crippen LogP contribution < -0.4 is 15.4 Å². The first-order valence-electron chi connectivity index (χ1n) is 15.9. The number of amides is 1. The second-order valence-electron chi connectivity index (χ2n) is 11.8. The average molecular weight is 768 g/mol. The lowest BCUT2D eigenvalue weighted by Crippen LogP contribution is -2.21. The van der Waals surface area contributed by atoms with Crippen LogP contribution in [0.25, 0.3) is 28.0 Å². The van der Waals surface area contributed by atoms with Gasteiger partial charge in [-0.1, -0.05) is 35.9 Å². The van der Waals surface area contributed by atoms with E-state index < -0.39 is 35.3 Å². The van der Waals surface area contributed by atoms with Crippen molar-refractivity contribution < 1.29 is 41.4 Å². The maximum atomic E-state index is 14.7. The van der Waals surface area contributed by atoms with Gasteiger partial charge in [0.15, 0.2) is 0 Å². The number of carbonyl (C=O) groups excluding carboxylic acids is 1. The molecule has 3 heterocycles. The molecule has 0 saturated carbocycles. The maximum absolute atomic E-state index is 14.7. The number of hydrogen-bond acceptors (Lipinski definition) is 8. The standard InChI is InChI=1S/C35H30ClF2N7O2.C2HF3O2/c1-21-10-12-26(37)30(32(21)38)34(46)40-23-8-6-7-22(19-23)33-31(28-9-4-5-16-45(28)43-33)27-14-15-39-35(42-27)41-24-11-13-29(25(36)20-24)47-18-17-44(2)3;3-2(4,5)1(6)7/h4-16,19-20H,17-18H2,1-3H3,(H,40,46)(H,39,41,42);(H,6,7). The van der Waals surface area contributed by atoms with Gasteiger partial charge in [-0.25, -0.2) is 28.1 Å². The van der Waals surface area contributed by atoms with Crippen LogP contribution in [0.1, 0.15) is 15.9 Å². The molecule has 0 bridgehead atoms. The summed E-state index contributed by atoms with van der Waals surface area (Å²) >= 11 is 6.48. The highest BCUT2D eigenvalue weighted by Gasteiger charge is 2.38. The Hall–Kier alpha value is -6.13. The van der Waals surface area contributed by atoms with E-state index in [1.165, 1.54) is 13.0 Å². The van der Waals surface area contributed by atoms with E-state index in [0.29, 0.717) is 51.7 Å². The van der Waals surface area contributed by atoms with Gasteiger partial charge in [0, 0.05) is 35.9 Å². The molecule has 0 aliphatic rings. The van der Waals surface area contributed by atoms with Crippen LogP contribution in [0.2, 0.25) is 5.02 Å². The number of carboxylic acid groups (broad SMARTS) is 1. The molecule has 17 heteroatoms. The van der Waals surface area contributed by atoms with E-state index in [0.717, 1.165) is 23.7 Å². The number of benzene rings is 3. The number of ether oxygens (including phenoxy) is 1. The molecular weight excluding hydrogens is 737 g/mol. The fourth-order valence-corrected chi connectivity index (χ4v) is 5.21. The predicted octanol–water partition coefficient (Wildman–Crippen LogP) is 8.27. The van der Waals surface area contributed by atoms with Crippen molar-refractivity contribution >= 4 is 46.3 Å². The Kier molecular flexibility index (Phi) is 12.1. The molecule has 0 spiro atoms. The Morgan fingerprint density at radius 1 is 0.981 bits per heavy atom. The van der Waals surface area contributed by atoms with Crippen LogP contribution in [0.4, 0.5) is 39.3 Å². The quantitative estimate of drug-likeness (QED) is 0.118. The number of aromatic nitrogens is 4. The van der Waals surface area contributed by atoms with Gasteiger partial charge in [0.1, 0.15) is 35.2 Å². The highest BCUT2D eigenvalue weighted by atomic mass is 35.5. The second kappa shape index (κ2) is 16.7. The summed E-state index contributed by atoms with van der Waals surface area (Å²) in [5, 5.41) is 18.2. The summed E-state index contributed by atoms with van der Waals surface area (Å²) in [4.78, 5) is 33.1. The SMILES string of the molecule is Cc1ccc(F)c(C(=O)Nc2cccc(-c3nn4ccccc4c3-c3ccnc(Nc4ccc(OCCN(C)C)c(Cl)c4)n3)c2)c1F.O=C(O)C(F)(F)F. The molecule has 0 unspecified atom stereocenters. The number of alkyl halides is 3.